The molecule has 0 heterocycles. The van der Waals surface area contributed by atoms with E-state index in [4.69, 9.17) is 0 Å². The zero-order valence-electron chi connectivity index (χ0n) is 39.4. The zero-order chi connectivity index (χ0) is 42.1. The predicted molar refractivity (Wildman–Crippen MR) is 250 cm³/mol. The normalized spacial score (nSPS) is 18.2. The molecule has 0 aromatic heterocycles. The molecule has 8 rings (SSSR count). The average Bonchev–Trinajstić information content (AvgIpc) is 3.84. The molecule has 0 fully saturated rings. The minimum atomic E-state index is -3.07. The van der Waals surface area contributed by atoms with Gasteiger partial charge in [-0.15, -0.1) is 0 Å². The SMILES string of the molecule is CCC1C=C(C(C)(C)C)C=[C]1[Zr+2]([C]1=C(C(C)(C)C)c2cc3c(cc2C1(C)C)Cc1cc2c(cc1-3)C(C(C)(C)C)=CC2(C)C)=[C](c1ccc(C)cc1)c1ccc(C)cc1.[Cl-].[Cl-]. The van der Waals surface area contributed by atoms with Crippen LogP contribution in [0.4, 0.5) is 0 Å². The van der Waals surface area contributed by atoms with Gasteiger partial charge in [0.15, 0.2) is 0 Å². The molecule has 1 unspecified atom stereocenters. The molecule has 0 nitrogen and oxygen atoms in total. The summed E-state index contributed by atoms with van der Waals surface area (Å²) in [6.45, 7) is 38.8. The summed E-state index contributed by atoms with van der Waals surface area (Å²) in [6, 6.07) is 29.7. The van der Waals surface area contributed by atoms with Crippen LogP contribution < -0.4 is 24.8 Å². The Hall–Kier alpha value is -2.83. The van der Waals surface area contributed by atoms with E-state index in [9.17, 15) is 0 Å². The van der Waals surface area contributed by atoms with Crippen LogP contribution in [0.5, 0.6) is 0 Å². The molecule has 314 valence electrons. The van der Waals surface area contributed by atoms with Gasteiger partial charge in [0.2, 0.25) is 0 Å². The summed E-state index contributed by atoms with van der Waals surface area (Å²) in [5.74, 6) is 0.455. The number of rotatable bonds is 5. The van der Waals surface area contributed by atoms with Gasteiger partial charge >= 0.3 is 362 Å². The first-order valence-corrected chi connectivity index (χ1v) is 25.8. The first-order valence-electron chi connectivity index (χ1n) is 22.1. The van der Waals surface area contributed by atoms with Crippen LogP contribution in [0.25, 0.3) is 22.3 Å². The monoisotopic (exact) mass is 912 g/mol. The number of allylic oxidation sites excluding steroid dienone is 8. The molecule has 4 aromatic rings. The first-order chi connectivity index (χ1) is 26.9. The number of fused-ring (bicyclic) bond motifs is 5. The third-order valence-corrected chi connectivity index (χ3v) is 22.6. The van der Waals surface area contributed by atoms with Gasteiger partial charge in [0.05, 0.1) is 0 Å². The Bertz CT molecular complexity index is 2490. The minimum absolute atomic E-state index is 0. The van der Waals surface area contributed by atoms with E-state index in [0.717, 1.165) is 12.8 Å². The summed E-state index contributed by atoms with van der Waals surface area (Å²) in [5.41, 5.74) is 22.1. The molecule has 4 aromatic carbocycles. The number of halogens is 2. The van der Waals surface area contributed by atoms with E-state index in [-0.39, 0.29) is 51.9 Å². The number of hydrogen-bond donors (Lipinski definition) is 0. The Kier molecular flexibility index (Phi) is 12.3. The van der Waals surface area contributed by atoms with Gasteiger partial charge in [-0.25, -0.2) is 0 Å². The largest absolute Gasteiger partial charge is 1.00 e. The number of aryl methyl sites for hydroxylation is 2. The van der Waals surface area contributed by atoms with Gasteiger partial charge in [0, 0.05) is 0 Å². The number of benzene rings is 4. The van der Waals surface area contributed by atoms with Crippen molar-refractivity contribution < 1.29 is 46.1 Å². The van der Waals surface area contributed by atoms with Gasteiger partial charge in [-0.3, -0.25) is 0 Å². The van der Waals surface area contributed by atoms with E-state index in [1.54, 1.807) is 20.9 Å². The second-order valence-electron chi connectivity index (χ2n) is 22.4. The summed E-state index contributed by atoms with van der Waals surface area (Å²) >= 11 is -3.07. The van der Waals surface area contributed by atoms with Crippen molar-refractivity contribution in [3.8, 4) is 11.1 Å². The van der Waals surface area contributed by atoms with Crippen LogP contribution in [0.15, 0.2) is 103 Å². The van der Waals surface area contributed by atoms with E-state index >= 15 is 0 Å². The molecule has 0 N–H and O–H groups in total. The second-order valence-corrected chi connectivity index (χ2v) is 28.1. The van der Waals surface area contributed by atoms with Gasteiger partial charge < -0.3 is 24.8 Å². The van der Waals surface area contributed by atoms with Crippen molar-refractivity contribution in [3.63, 3.8) is 0 Å². The first kappa shape index (κ1) is 46.7. The maximum atomic E-state index is 2.72. The Morgan fingerprint density at radius 1 is 0.633 bits per heavy atom. The Morgan fingerprint density at radius 3 is 1.60 bits per heavy atom. The molecule has 4 aliphatic rings. The molecule has 0 spiro atoms. The third-order valence-electron chi connectivity index (χ3n) is 13.9. The van der Waals surface area contributed by atoms with Crippen molar-refractivity contribution in [1.29, 1.82) is 0 Å². The van der Waals surface area contributed by atoms with Crippen molar-refractivity contribution >= 4 is 14.4 Å². The van der Waals surface area contributed by atoms with Gasteiger partial charge in [-0.1, -0.05) is 0 Å². The van der Waals surface area contributed by atoms with Crippen molar-refractivity contribution in [2.75, 3.05) is 0 Å². The second kappa shape index (κ2) is 15.8. The maximum Gasteiger partial charge on any atom is -1.00 e. The summed E-state index contributed by atoms with van der Waals surface area (Å²) in [4.78, 5) is 0. The molecule has 0 amide bonds. The van der Waals surface area contributed by atoms with E-state index < -0.39 is 21.3 Å². The van der Waals surface area contributed by atoms with E-state index in [0.29, 0.717) is 5.92 Å². The van der Waals surface area contributed by atoms with Crippen LogP contribution in [0, 0.1) is 36.0 Å². The van der Waals surface area contributed by atoms with Gasteiger partial charge in [-0.05, 0) is 0 Å². The van der Waals surface area contributed by atoms with Crippen molar-refractivity contribution in [3.05, 3.63) is 159 Å². The van der Waals surface area contributed by atoms with Crippen LogP contribution in [0.3, 0.4) is 0 Å². The third kappa shape index (κ3) is 7.79. The molecular formula is C57H68Cl2Zr. The quantitative estimate of drug-likeness (QED) is 0.165. The molecule has 0 radical (unpaired) electrons. The molecule has 0 aliphatic heterocycles. The Balaban J connectivity index is 0.00000302. The van der Waals surface area contributed by atoms with Gasteiger partial charge in [0.25, 0.3) is 0 Å². The average molecular weight is 915 g/mol. The Morgan fingerprint density at radius 2 is 1.13 bits per heavy atom. The van der Waals surface area contributed by atoms with Crippen LogP contribution in [-0.2, 0) is 38.5 Å². The fourth-order valence-corrected chi connectivity index (χ4v) is 21.1. The van der Waals surface area contributed by atoms with Gasteiger partial charge in [-0.2, -0.15) is 0 Å². The molecule has 1 atom stereocenters. The van der Waals surface area contributed by atoms with Crippen LogP contribution in [0.1, 0.15) is 159 Å². The van der Waals surface area contributed by atoms with Gasteiger partial charge in [0.1, 0.15) is 0 Å². The van der Waals surface area contributed by atoms with Crippen molar-refractivity contribution in [1.82, 2.24) is 0 Å². The van der Waals surface area contributed by atoms with Crippen LogP contribution in [-0.4, -0.2) is 3.21 Å². The molecule has 0 bridgehead atoms. The molecule has 4 aliphatic carbocycles. The summed E-state index contributed by atoms with van der Waals surface area (Å²) < 4.78 is 5.16. The zero-order valence-corrected chi connectivity index (χ0v) is 43.4. The number of hydrogen-bond acceptors (Lipinski definition) is 0. The molecule has 60 heavy (non-hydrogen) atoms. The standard InChI is InChI=1S/C31H37.C15H14.C11H17.2ClH.Zr/c1-28(2,3)26-16-30(7,8)24-12-18-11-19-13-25-23(15-21(19)20(18)14-22(24)26)27(29(4,5)6)17-31(25,9)10;1-12-3-7-14(8-4-12)11-15-9-5-13(2)6-10-15;1-5-9-6-7-10(8-9)11(2,3)4;;;/h12-16H,11H2,1-10H3;3-10H,1-2H3;7-9H,5H2,1-4H3;2*1H;/q;;;;;+2/p-2. The predicted octanol–water partition coefficient (Wildman–Crippen LogP) is 9.44. The van der Waals surface area contributed by atoms with Crippen LogP contribution >= 0.6 is 0 Å². The molecule has 0 saturated carbocycles. The van der Waals surface area contributed by atoms with E-state index in [1.165, 1.54) is 72.3 Å². The topological polar surface area (TPSA) is 0 Å². The molecule has 3 heteroatoms. The minimum Gasteiger partial charge on any atom is -1.00 e. The van der Waals surface area contributed by atoms with Crippen LogP contribution in [0.2, 0.25) is 0 Å². The molecular weight excluding hydrogens is 847 g/mol. The fraction of sp³-hybridized carbons (Fsp3) is 0.421. The fourth-order valence-electron chi connectivity index (χ4n) is 10.7. The van der Waals surface area contributed by atoms with E-state index in [1.807, 2.05) is 0 Å². The summed E-state index contributed by atoms with van der Waals surface area (Å²) in [7, 11) is 0. The summed E-state index contributed by atoms with van der Waals surface area (Å²) in [5, 5.41) is 0. The maximum absolute atomic E-state index is 3.07. The van der Waals surface area contributed by atoms with Crippen molar-refractivity contribution in [2.45, 2.75) is 134 Å². The Labute approximate surface area is 384 Å². The van der Waals surface area contributed by atoms with E-state index in [2.05, 4.69) is 202 Å². The molecule has 0 saturated heterocycles. The van der Waals surface area contributed by atoms with Crippen molar-refractivity contribution in [2.24, 2.45) is 22.2 Å². The summed E-state index contributed by atoms with van der Waals surface area (Å²) in [6.07, 6.45) is 10.1. The smallest absolute Gasteiger partial charge is 1.00 e.